The van der Waals surface area contributed by atoms with Gasteiger partial charge in [0.05, 0.1) is 0 Å². The zero-order valence-corrected chi connectivity index (χ0v) is 17.4. The smallest absolute Gasteiger partial charge is 0.317 e. The molecule has 0 atom stereocenters. The molecule has 0 bridgehead atoms. The molecule has 31 heavy (non-hydrogen) atoms. The Bertz CT molecular complexity index is 996. The summed E-state index contributed by atoms with van der Waals surface area (Å²) in [5.41, 5.74) is 2.03. The van der Waals surface area contributed by atoms with Crippen molar-refractivity contribution in [2.45, 2.75) is 38.8 Å². The van der Waals surface area contributed by atoms with Crippen molar-refractivity contribution < 1.29 is 18.4 Å². The van der Waals surface area contributed by atoms with Gasteiger partial charge in [0.2, 0.25) is 0 Å². The van der Waals surface area contributed by atoms with Gasteiger partial charge in [-0.05, 0) is 49.6 Å². The Morgan fingerprint density at radius 1 is 1.16 bits per heavy atom. The van der Waals surface area contributed by atoms with E-state index in [0.29, 0.717) is 31.3 Å². The predicted molar refractivity (Wildman–Crippen MR) is 112 cm³/mol. The van der Waals surface area contributed by atoms with Crippen LogP contribution in [-0.4, -0.2) is 34.2 Å². The van der Waals surface area contributed by atoms with E-state index in [1.54, 1.807) is 17.0 Å². The van der Waals surface area contributed by atoms with Crippen LogP contribution in [0.3, 0.4) is 0 Å². The lowest BCUT2D eigenvalue weighted by Gasteiger charge is -2.30. The molecule has 0 unspecified atom stereocenters. The van der Waals surface area contributed by atoms with Gasteiger partial charge in [0.1, 0.15) is 11.6 Å². The summed E-state index contributed by atoms with van der Waals surface area (Å²) >= 11 is 0. The number of aryl methyl sites for hydroxylation is 1. The summed E-state index contributed by atoms with van der Waals surface area (Å²) < 4.78 is 24.0. The second-order valence-corrected chi connectivity index (χ2v) is 7.69. The largest absolute Gasteiger partial charge is 0.484 e. The van der Waals surface area contributed by atoms with E-state index >= 15 is 0 Å². The molecule has 162 valence electrons. The molecular weight excluding hydrogens is 399 g/mol. The predicted octanol–water partition coefficient (Wildman–Crippen LogP) is 4.19. The van der Waals surface area contributed by atoms with Crippen molar-refractivity contribution in [2.75, 3.05) is 13.1 Å². The van der Waals surface area contributed by atoms with E-state index in [-0.39, 0.29) is 24.4 Å². The van der Waals surface area contributed by atoms with Crippen LogP contribution in [0, 0.1) is 12.7 Å². The molecule has 1 aliphatic rings. The van der Waals surface area contributed by atoms with Gasteiger partial charge in [0, 0.05) is 25.6 Å². The van der Waals surface area contributed by atoms with Crippen LogP contribution in [0.4, 0.5) is 9.18 Å². The second-order valence-electron chi connectivity index (χ2n) is 7.69. The maximum absolute atomic E-state index is 13.0. The summed E-state index contributed by atoms with van der Waals surface area (Å²) in [6, 6.07) is 13.8. The molecule has 1 N–H and O–H groups in total. The van der Waals surface area contributed by atoms with Crippen molar-refractivity contribution in [3.63, 3.8) is 0 Å². The first-order valence-electron chi connectivity index (χ1n) is 10.4. The minimum atomic E-state index is -0.288. The molecule has 1 aliphatic heterocycles. The van der Waals surface area contributed by atoms with E-state index in [2.05, 4.69) is 15.5 Å². The zero-order chi connectivity index (χ0) is 21.6. The molecule has 1 saturated heterocycles. The summed E-state index contributed by atoms with van der Waals surface area (Å²) in [5, 5.41) is 6.98. The molecule has 2 heterocycles. The molecule has 3 aromatic rings. The number of hydrogen-bond donors (Lipinski definition) is 1. The highest BCUT2D eigenvalue weighted by Crippen LogP contribution is 2.26. The minimum Gasteiger partial charge on any atom is -0.484 e. The van der Waals surface area contributed by atoms with E-state index in [9.17, 15) is 9.18 Å². The first kappa shape index (κ1) is 20.8. The molecule has 1 aromatic heterocycles. The van der Waals surface area contributed by atoms with Crippen LogP contribution in [-0.2, 0) is 13.2 Å². The van der Waals surface area contributed by atoms with Crippen molar-refractivity contribution in [3.8, 4) is 5.75 Å². The first-order chi connectivity index (χ1) is 15.1. The third kappa shape index (κ3) is 5.59. The number of rotatable bonds is 6. The Hall–Kier alpha value is -3.42. The Balaban J connectivity index is 1.22. The Morgan fingerprint density at radius 2 is 1.87 bits per heavy atom. The highest BCUT2D eigenvalue weighted by Gasteiger charge is 2.27. The van der Waals surface area contributed by atoms with Crippen molar-refractivity contribution in [3.05, 3.63) is 77.2 Å². The van der Waals surface area contributed by atoms with E-state index in [0.717, 1.165) is 24.2 Å². The molecule has 2 aromatic carbocycles. The number of carbonyl (C=O) groups excluding carboxylic acids is 1. The number of likely N-dealkylation sites (tertiary alicyclic amines) is 1. The van der Waals surface area contributed by atoms with Crippen LogP contribution in [0.5, 0.6) is 5.75 Å². The lowest BCUT2D eigenvalue weighted by Crippen LogP contribution is -2.43. The first-order valence-corrected chi connectivity index (χ1v) is 10.4. The minimum absolute atomic E-state index is 0.122. The molecule has 8 heteroatoms. The zero-order valence-electron chi connectivity index (χ0n) is 17.4. The number of nitrogens with zero attached hydrogens (tertiary/aromatic N) is 3. The highest BCUT2D eigenvalue weighted by atomic mass is 19.1. The number of halogens is 1. The van der Waals surface area contributed by atoms with Gasteiger partial charge in [-0.25, -0.2) is 9.18 Å². The van der Waals surface area contributed by atoms with Crippen molar-refractivity contribution in [1.29, 1.82) is 0 Å². The van der Waals surface area contributed by atoms with Crippen LogP contribution < -0.4 is 10.1 Å². The van der Waals surface area contributed by atoms with Gasteiger partial charge in [-0.3, -0.25) is 0 Å². The quantitative estimate of drug-likeness (QED) is 0.642. The Labute approximate surface area is 180 Å². The van der Waals surface area contributed by atoms with Gasteiger partial charge in [-0.2, -0.15) is 4.98 Å². The fraction of sp³-hybridized carbons (Fsp3) is 0.348. The number of piperidine rings is 1. The maximum Gasteiger partial charge on any atom is 0.317 e. The van der Waals surface area contributed by atoms with Gasteiger partial charge in [0.25, 0.3) is 5.89 Å². The number of ether oxygens (including phenoxy) is 1. The molecule has 4 rings (SSSR count). The number of hydrogen-bond acceptors (Lipinski definition) is 5. The lowest BCUT2D eigenvalue weighted by molar-refractivity contribution is 0.179. The van der Waals surface area contributed by atoms with Crippen molar-refractivity contribution in [1.82, 2.24) is 20.4 Å². The average Bonchev–Trinajstić information content (AvgIpc) is 3.27. The summed E-state index contributed by atoms with van der Waals surface area (Å²) in [6.07, 6.45) is 1.53. The SMILES string of the molecule is Cc1ccc(OCc2nc(C3CCN(C(=O)NCc4ccc(F)cc4)CC3)no2)cc1. The average molecular weight is 424 g/mol. The van der Waals surface area contributed by atoms with E-state index in [1.165, 1.54) is 17.7 Å². The molecule has 7 nitrogen and oxygen atoms in total. The van der Waals surface area contributed by atoms with Crippen LogP contribution in [0.2, 0.25) is 0 Å². The molecular formula is C23H25FN4O3. The number of nitrogens with one attached hydrogen (secondary N) is 1. The Kier molecular flexibility index (Phi) is 6.45. The number of aromatic nitrogens is 2. The number of carbonyl (C=O) groups is 1. The standard InChI is InChI=1S/C23H25FN4O3/c1-16-2-8-20(9-3-16)30-15-21-26-22(27-31-21)18-10-12-28(13-11-18)23(29)25-14-17-4-6-19(24)7-5-17/h2-9,18H,10-15H2,1H3,(H,25,29). The summed E-state index contributed by atoms with van der Waals surface area (Å²) in [4.78, 5) is 18.6. The topological polar surface area (TPSA) is 80.5 Å². The molecule has 0 spiro atoms. The van der Waals surface area contributed by atoms with Gasteiger partial charge >= 0.3 is 6.03 Å². The van der Waals surface area contributed by atoms with E-state index in [1.807, 2.05) is 31.2 Å². The monoisotopic (exact) mass is 424 g/mol. The Morgan fingerprint density at radius 3 is 2.58 bits per heavy atom. The summed E-state index contributed by atoms with van der Waals surface area (Å²) in [5.74, 6) is 1.72. The number of amides is 2. The third-order valence-corrected chi connectivity index (χ3v) is 5.37. The molecule has 1 fully saturated rings. The van der Waals surface area contributed by atoms with E-state index < -0.39 is 0 Å². The van der Waals surface area contributed by atoms with Crippen LogP contribution in [0.25, 0.3) is 0 Å². The van der Waals surface area contributed by atoms with Gasteiger partial charge < -0.3 is 19.5 Å². The molecule has 2 amide bonds. The number of urea groups is 1. The fourth-order valence-corrected chi connectivity index (χ4v) is 3.50. The van der Waals surface area contributed by atoms with Gasteiger partial charge in [-0.15, -0.1) is 0 Å². The second kappa shape index (κ2) is 9.59. The summed E-state index contributed by atoms with van der Waals surface area (Å²) in [6.45, 7) is 3.84. The maximum atomic E-state index is 13.0. The van der Waals surface area contributed by atoms with Crippen LogP contribution in [0.15, 0.2) is 53.1 Å². The normalized spacial score (nSPS) is 14.5. The van der Waals surface area contributed by atoms with Gasteiger partial charge in [0.15, 0.2) is 12.4 Å². The number of benzene rings is 2. The van der Waals surface area contributed by atoms with Crippen molar-refractivity contribution in [2.24, 2.45) is 0 Å². The van der Waals surface area contributed by atoms with Crippen LogP contribution in [0.1, 0.15) is 41.6 Å². The van der Waals surface area contributed by atoms with Crippen LogP contribution >= 0.6 is 0 Å². The van der Waals surface area contributed by atoms with E-state index in [4.69, 9.17) is 9.26 Å². The molecule has 0 radical (unpaired) electrons. The highest BCUT2D eigenvalue weighted by molar-refractivity contribution is 5.74. The van der Waals surface area contributed by atoms with Gasteiger partial charge in [-0.1, -0.05) is 35.0 Å². The lowest BCUT2D eigenvalue weighted by atomic mass is 9.96. The molecule has 0 aliphatic carbocycles. The molecule has 0 saturated carbocycles. The third-order valence-electron chi connectivity index (χ3n) is 5.37. The summed E-state index contributed by atoms with van der Waals surface area (Å²) in [7, 11) is 0. The fourth-order valence-electron chi connectivity index (χ4n) is 3.50. The van der Waals surface area contributed by atoms with Crippen molar-refractivity contribution >= 4 is 6.03 Å².